The Morgan fingerprint density at radius 3 is 2.95 bits per heavy atom. The van der Waals surface area contributed by atoms with Crippen molar-refractivity contribution in [3.05, 3.63) is 47.2 Å². The van der Waals surface area contributed by atoms with Crippen molar-refractivity contribution < 1.29 is 9.26 Å². The lowest BCUT2D eigenvalue weighted by molar-refractivity contribution is 0.303. The second-order valence-electron chi connectivity index (χ2n) is 4.63. The lowest BCUT2D eigenvalue weighted by Crippen LogP contribution is -1.99. The molecule has 3 aromatic heterocycles. The number of rotatable bonds is 4. The molecule has 0 fully saturated rings. The Morgan fingerprint density at radius 1 is 1.40 bits per heavy atom. The summed E-state index contributed by atoms with van der Waals surface area (Å²) in [7, 11) is 0. The highest BCUT2D eigenvalue weighted by Gasteiger charge is 2.11. The number of imidazole rings is 1. The van der Waals surface area contributed by atoms with Gasteiger partial charge in [-0.25, -0.2) is 4.98 Å². The Hall–Kier alpha value is -2.34. The first kappa shape index (κ1) is 12.7. The quantitative estimate of drug-likeness (QED) is 0.785. The lowest BCUT2D eigenvalue weighted by Gasteiger charge is -2.06. The van der Waals surface area contributed by atoms with E-state index in [-0.39, 0.29) is 0 Å². The number of nitrogens with two attached hydrogens (primary N) is 1. The third-order valence-electron chi connectivity index (χ3n) is 3.26. The van der Waals surface area contributed by atoms with Crippen LogP contribution in [0.5, 0.6) is 5.75 Å². The number of pyridine rings is 1. The third kappa shape index (κ3) is 2.14. The topological polar surface area (TPSA) is 78.6 Å². The van der Waals surface area contributed by atoms with Crippen LogP contribution in [0.1, 0.15) is 22.7 Å². The maximum absolute atomic E-state index is 5.86. The molecule has 0 amide bonds. The van der Waals surface area contributed by atoms with Crippen LogP contribution in [0.4, 0.5) is 0 Å². The van der Waals surface area contributed by atoms with Gasteiger partial charge < -0.3 is 19.4 Å². The lowest BCUT2D eigenvalue weighted by atomic mass is 10.2. The predicted octanol–water partition coefficient (Wildman–Crippen LogP) is 1.98. The van der Waals surface area contributed by atoms with Gasteiger partial charge in [0.15, 0.2) is 11.4 Å². The summed E-state index contributed by atoms with van der Waals surface area (Å²) in [6.45, 7) is 4.59. The number of ether oxygens (including phenoxy) is 1. The van der Waals surface area contributed by atoms with Crippen molar-refractivity contribution in [3.63, 3.8) is 0 Å². The first-order valence-corrected chi connectivity index (χ1v) is 6.40. The summed E-state index contributed by atoms with van der Waals surface area (Å²) >= 11 is 0. The van der Waals surface area contributed by atoms with Crippen molar-refractivity contribution in [2.75, 3.05) is 0 Å². The molecule has 3 heterocycles. The van der Waals surface area contributed by atoms with Gasteiger partial charge >= 0.3 is 0 Å². The summed E-state index contributed by atoms with van der Waals surface area (Å²) < 4.78 is 12.9. The molecule has 0 saturated carbocycles. The number of nitrogens with zero attached hydrogens (tertiary/aromatic N) is 3. The van der Waals surface area contributed by atoms with Crippen LogP contribution in [-0.4, -0.2) is 14.5 Å². The van der Waals surface area contributed by atoms with Crippen molar-refractivity contribution in [2.24, 2.45) is 5.73 Å². The monoisotopic (exact) mass is 272 g/mol. The Morgan fingerprint density at radius 2 is 2.25 bits per heavy atom. The van der Waals surface area contributed by atoms with Crippen LogP contribution in [0.25, 0.3) is 5.65 Å². The molecule has 3 aromatic rings. The Balaban J connectivity index is 1.89. The van der Waals surface area contributed by atoms with Crippen LogP contribution in [0, 0.1) is 13.8 Å². The minimum atomic E-state index is 0.408. The summed E-state index contributed by atoms with van der Waals surface area (Å²) in [6, 6.07) is 3.80. The molecule has 0 aliphatic rings. The largest absolute Gasteiger partial charge is 0.485 e. The van der Waals surface area contributed by atoms with Crippen molar-refractivity contribution in [3.8, 4) is 5.75 Å². The van der Waals surface area contributed by atoms with Crippen molar-refractivity contribution in [1.82, 2.24) is 14.5 Å². The van der Waals surface area contributed by atoms with Crippen LogP contribution in [0.2, 0.25) is 0 Å². The number of aryl methyl sites for hydroxylation is 2. The average molecular weight is 272 g/mol. The molecular weight excluding hydrogens is 256 g/mol. The zero-order valence-corrected chi connectivity index (χ0v) is 11.5. The average Bonchev–Trinajstić information content (AvgIpc) is 3.01. The molecule has 2 N–H and O–H groups in total. The fourth-order valence-corrected chi connectivity index (χ4v) is 2.11. The molecular formula is C14H16N4O2. The van der Waals surface area contributed by atoms with Gasteiger partial charge in [-0.2, -0.15) is 0 Å². The molecule has 0 atom stereocenters. The van der Waals surface area contributed by atoms with Crippen molar-refractivity contribution in [1.29, 1.82) is 0 Å². The van der Waals surface area contributed by atoms with Crippen LogP contribution in [-0.2, 0) is 13.2 Å². The standard InChI is InChI=1S/C14H16N4O2/c1-9-12(10(2)20-17-9)8-19-13-4-3-5-18-7-11(6-15)16-14(13)18/h3-5,7H,6,8,15H2,1-2H3. The molecule has 6 heteroatoms. The van der Waals surface area contributed by atoms with Crippen molar-refractivity contribution in [2.45, 2.75) is 27.0 Å². The summed E-state index contributed by atoms with van der Waals surface area (Å²) in [5.74, 6) is 1.49. The zero-order chi connectivity index (χ0) is 14.1. The highest BCUT2D eigenvalue weighted by atomic mass is 16.5. The predicted molar refractivity (Wildman–Crippen MR) is 73.4 cm³/mol. The van der Waals surface area contributed by atoms with E-state index in [2.05, 4.69) is 10.1 Å². The molecule has 0 aliphatic carbocycles. The highest BCUT2D eigenvalue weighted by molar-refractivity contribution is 5.54. The van der Waals surface area contributed by atoms with Crippen LogP contribution in [0.3, 0.4) is 0 Å². The van der Waals surface area contributed by atoms with E-state index in [4.69, 9.17) is 15.0 Å². The van der Waals surface area contributed by atoms with E-state index in [1.54, 1.807) is 0 Å². The van der Waals surface area contributed by atoms with Gasteiger partial charge in [0.25, 0.3) is 0 Å². The molecule has 3 rings (SSSR count). The minimum Gasteiger partial charge on any atom is -0.485 e. The van der Waals surface area contributed by atoms with E-state index in [1.807, 2.05) is 42.8 Å². The van der Waals surface area contributed by atoms with Gasteiger partial charge in [-0.15, -0.1) is 0 Å². The normalized spacial score (nSPS) is 11.2. The van der Waals surface area contributed by atoms with E-state index < -0.39 is 0 Å². The Labute approximate surface area is 116 Å². The fraction of sp³-hybridized carbons (Fsp3) is 0.286. The van der Waals surface area contributed by atoms with Crippen LogP contribution >= 0.6 is 0 Å². The minimum absolute atomic E-state index is 0.408. The maximum atomic E-state index is 5.86. The van der Waals surface area contributed by atoms with Crippen LogP contribution < -0.4 is 10.5 Å². The van der Waals surface area contributed by atoms with Gasteiger partial charge in [0, 0.05) is 18.9 Å². The molecule has 20 heavy (non-hydrogen) atoms. The van der Waals surface area contributed by atoms with Gasteiger partial charge in [-0.05, 0) is 26.0 Å². The smallest absolute Gasteiger partial charge is 0.179 e. The summed E-state index contributed by atoms with van der Waals surface area (Å²) in [4.78, 5) is 4.45. The first-order chi connectivity index (χ1) is 9.69. The molecule has 0 aliphatic heterocycles. The van der Waals surface area contributed by atoms with Crippen molar-refractivity contribution >= 4 is 5.65 Å². The molecule has 0 radical (unpaired) electrons. The van der Waals surface area contributed by atoms with Gasteiger partial charge in [-0.1, -0.05) is 5.16 Å². The SMILES string of the molecule is Cc1noc(C)c1COc1cccn2cc(CN)nc12. The molecule has 0 spiro atoms. The zero-order valence-electron chi connectivity index (χ0n) is 11.5. The second-order valence-corrected chi connectivity index (χ2v) is 4.63. The van der Waals surface area contributed by atoms with E-state index in [1.165, 1.54) is 0 Å². The summed E-state index contributed by atoms with van der Waals surface area (Å²) in [5, 5.41) is 3.92. The van der Waals surface area contributed by atoms with E-state index >= 15 is 0 Å². The van der Waals surface area contributed by atoms with E-state index in [0.717, 1.165) is 28.4 Å². The molecule has 6 nitrogen and oxygen atoms in total. The third-order valence-corrected chi connectivity index (χ3v) is 3.26. The number of hydrogen-bond donors (Lipinski definition) is 1. The summed E-state index contributed by atoms with van der Waals surface area (Å²) in [5.41, 5.74) is 9.03. The molecule has 0 bridgehead atoms. The highest BCUT2D eigenvalue weighted by Crippen LogP contribution is 2.22. The molecule has 104 valence electrons. The number of fused-ring (bicyclic) bond motifs is 1. The second kappa shape index (κ2) is 4.97. The number of hydrogen-bond acceptors (Lipinski definition) is 5. The Kier molecular flexibility index (Phi) is 3.15. The number of aromatic nitrogens is 3. The van der Waals surface area contributed by atoms with Gasteiger partial charge in [0.1, 0.15) is 12.4 Å². The summed E-state index contributed by atoms with van der Waals surface area (Å²) in [6.07, 6.45) is 3.82. The Bertz CT molecular complexity index is 725. The van der Waals surface area contributed by atoms with E-state index in [9.17, 15) is 0 Å². The van der Waals surface area contributed by atoms with Gasteiger partial charge in [-0.3, -0.25) is 0 Å². The molecule has 0 saturated heterocycles. The fourth-order valence-electron chi connectivity index (χ4n) is 2.11. The molecule has 0 aromatic carbocycles. The van der Waals surface area contributed by atoms with E-state index in [0.29, 0.717) is 18.9 Å². The van der Waals surface area contributed by atoms with Gasteiger partial charge in [0.2, 0.25) is 0 Å². The first-order valence-electron chi connectivity index (χ1n) is 6.40. The van der Waals surface area contributed by atoms with Crippen LogP contribution in [0.15, 0.2) is 29.0 Å². The maximum Gasteiger partial charge on any atom is 0.179 e. The van der Waals surface area contributed by atoms with Gasteiger partial charge in [0.05, 0.1) is 17.0 Å². The molecule has 0 unspecified atom stereocenters.